The van der Waals surface area contributed by atoms with Crippen molar-refractivity contribution in [3.63, 3.8) is 0 Å². The Bertz CT molecular complexity index is 1770. The van der Waals surface area contributed by atoms with E-state index in [1.54, 1.807) is 11.0 Å². The number of carboxylic acid groups (broad SMARTS) is 1. The van der Waals surface area contributed by atoms with E-state index in [0.29, 0.717) is 11.8 Å². The van der Waals surface area contributed by atoms with Crippen LogP contribution in [0.4, 0.5) is 37.7 Å². The van der Waals surface area contributed by atoms with Crippen molar-refractivity contribution < 1.29 is 49.4 Å². The van der Waals surface area contributed by atoms with Crippen LogP contribution >= 0.6 is 11.6 Å². The van der Waals surface area contributed by atoms with Crippen LogP contribution in [0.3, 0.4) is 0 Å². The molecule has 0 aliphatic carbocycles. The lowest BCUT2D eigenvalue weighted by Crippen LogP contribution is -2.71. The van der Waals surface area contributed by atoms with E-state index in [2.05, 4.69) is 0 Å². The van der Waals surface area contributed by atoms with Crippen LogP contribution in [0.2, 0.25) is 5.02 Å². The van der Waals surface area contributed by atoms with Gasteiger partial charge in [0.15, 0.2) is 5.60 Å². The number of fused-ring (bicyclic) bond motifs is 1. The molecule has 3 aliphatic rings. The van der Waals surface area contributed by atoms with Crippen molar-refractivity contribution in [3.05, 3.63) is 82.4 Å². The number of carbonyl (C=O) groups is 1. The maximum absolute atomic E-state index is 13.9. The fourth-order valence-corrected chi connectivity index (χ4v) is 7.99. The van der Waals surface area contributed by atoms with Crippen molar-refractivity contribution in [1.29, 1.82) is 0 Å². The molecule has 0 aromatic heterocycles. The Hall–Kier alpha value is -3.69. The third-order valence-electron chi connectivity index (χ3n) is 8.11. The Balaban J connectivity index is 1.33. The molecule has 2 fully saturated rings. The van der Waals surface area contributed by atoms with Crippen LogP contribution in [-0.2, 0) is 27.2 Å². The van der Waals surface area contributed by atoms with Crippen LogP contribution in [0.5, 0.6) is 5.75 Å². The van der Waals surface area contributed by atoms with E-state index in [4.69, 9.17) is 21.4 Å². The highest BCUT2D eigenvalue weighted by atomic mass is 35.5. The topological polar surface area (TPSA) is 90.4 Å². The number of alkyl halides is 6. The van der Waals surface area contributed by atoms with E-state index in [1.807, 2.05) is 0 Å². The molecule has 1 N–H and O–H groups in total. The van der Waals surface area contributed by atoms with Crippen LogP contribution in [0.15, 0.2) is 65.6 Å². The SMILES string of the molecule is O=C(O)CN1CC2(C1)CN(S(=O)(=O)c1cccc(C(F)(F)F)c1)c1cc(N3CC(c4c(Cl)cccc4C(F)(F)F)C3)ccc1O2. The minimum absolute atomic E-state index is 0.0191. The highest BCUT2D eigenvalue weighted by molar-refractivity contribution is 7.92. The van der Waals surface area contributed by atoms with Crippen molar-refractivity contribution >= 4 is 39.0 Å². The van der Waals surface area contributed by atoms with E-state index < -0.39 is 55.9 Å². The van der Waals surface area contributed by atoms with Gasteiger partial charge in [0.1, 0.15) is 5.75 Å². The Morgan fingerprint density at radius 1 is 0.956 bits per heavy atom. The summed E-state index contributed by atoms with van der Waals surface area (Å²) in [5.41, 5.74) is -2.69. The Morgan fingerprint density at radius 2 is 1.64 bits per heavy atom. The minimum atomic E-state index is -4.80. The van der Waals surface area contributed by atoms with Crippen molar-refractivity contribution in [2.75, 3.05) is 48.5 Å². The third kappa shape index (κ3) is 5.76. The van der Waals surface area contributed by atoms with Crippen LogP contribution in [0, 0.1) is 0 Å². The van der Waals surface area contributed by atoms with Gasteiger partial charge in [0.25, 0.3) is 10.0 Å². The summed E-state index contributed by atoms with van der Waals surface area (Å²) >= 11 is 6.17. The summed E-state index contributed by atoms with van der Waals surface area (Å²) in [6.07, 6.45) is -9.41. The van der Waals surface area contributed by atoms with Crippen LogP contribution in [0.25, 0.3) is 0 Å². The molecule has 16 heteroatoms. The predicted molar refractivity (Wildman–Crippen MR) is 151 cm³/mol. The zero-order chi connectivity index (χ0) is 32.5. The van der Waals surface area contributed by atoms with Crippen molar-refractivity contribution in [2.24, 2.45) is 0 Å². The molecule has 0 radical (unpaired) electrons. The normalized spacial score (nSPS) is 18.6. The zero-order valence-electron chi connectivity index (χ0n) is 23.1. The molecule has 3 aliphatic heterocycles. The molecule has 3 heterocycles. The molecule has 2 saturated heterocycles. The smallest absolute Gasteiger partial charge is 0.416 e. The van der Waals surface area contributed by atoms with Gasteiger partial charge in [-0.1, -0.05) is 23.7 Å². The lowest BCUT2D eigenvalue weighted by atomic mass is 9.87. The van der Waals surface area contributed by atoms with E-state index >= 15 is 0 Å². The van der Waals surface area contributed by atoms with Crippen LogP contribution in [-0.4, -0.2) is 69.3 Å². The van der Waals surface area contributed by atoms with Gasteiger partial charge in [-0.05, 0) is 54.1 Å². The Morgan fingerprint density at radius 3 is 2.29 bits per heavy atom. The summed E-state index contributed by atoms with van der Waals surface area (Å²) in [6.45, 7) is -0.226. The number of halogens is 7. The predicted octanol–water partition coefficient (Wildman–Crippen LogP) is 5.71. The monoisotopic (exact) mass is 675 g/mol. The molecule has 0 bridgehead atoms. The molecule has 8 nitrogen and oxygen atoms in total. The summed E-state index contributed by atoms with van der Waals surface area (Å²) in [5.74, 6) is -1.55. The molecular formula is C29H24ClF6N3O5S. The first-order valence-electron chi connectivity index (χ1n) is 13.5. The van der Waals surface area contributed by atoms with Gasteiger partial charge in [0.05, 0.1) is 34.8 Å². The third-order valence-corrected chi connectivity index (χ3v) is 10.2. The summed E-state index contributed by atoms with van der Waals surface area (Å²) < 4.78 is 116. The number of nitrogens with zero attached hydrogens (tertiary/aromatic N) is 3. The van der Waals surface area contributed by atoms with Gasteiger partial charge in [-0.3, -0.25) is 14.0 Å². The zero-order valence-corrected chi connectivity index (χ0v) is 24.6. The van der Waals surface area contributed by atoms with E-state index in [-0.39, 0.29) is 61.3 Å². The van der Waals surface area contributed by atoms with E-state index in [9.17, 15) is 39.6 Å². The summed E-state index contributed by atoms with van der Waals surface area (Å²) in [6, 6.07) is 11.5. The second kappa shape index (κ2) is 10.7. The first-order valence-corrected chi connectivity index (χ1v) is 15.4. The molecule has 1 spiro atoms. The van der Waals surface area contributed by atoms with Gasteiger partial charge in [0.2, 0.25) is 0 Å². The average molecular weight is 676 g/mol. The molecule has 3 aromatic rings. The number of sulfonamides is 1. The van der Waals surface area contributed by atoms with Gasteiger partial charge in [0, 0.05) is 42.8 Å². The lowest BCUT2D eigenvalue weighted by Gasteiger charge is -2.53. The molecular weight excluding hydrogens is 652 g/mol. The van der Waals surface area contributed by atoms with Gasteiger partial charge < -0.3 is 14.7 Å². The van der Waals surface area contributed by atoms with Crippen LogP contribution in [0.1, 0.15) is 22.6 Å². The molecule has 6 rings (SSSR count). The molecule has 0 amide bonds. The minimum Gasteiger partial charge on any atom is -0.480 e. The number of likely N-dealkylation sites (tertiary alicyclic amines) is 1. The van der Waals surface area contributed by atoms with Gasteiger partial charge in [-0.15, -0.1) is 0 Å². The Kier molecular flexibility index (Phi) is 7.44. The largest absolute Gasteiger partial charge is 0.480 e. The number of hydrogen-bond acceptors (Lipinski definition) is 6. The fourth-order valence-electron chi connectivity index (χ4n) is 6.08. The molecule has 0 saturated carbocycles. The Labute approximate surface area is 258 Å². The van der Waals surface area contributed by atoms with Gasteiger partial charge in [-0.25, -0.2) is 8.42 Å². The second-order valence-electron chi connectivity index (χ2n) is 11.3. The summed E-state index contributed by atoms with van der Waals surface area (Å²) in [4.78, 5) is 13.8. The number of rotatable bonds is 6. The first-order chi connectivity index (χ1) is 21.0. The molecule has 0 unspecified atom stereocenters. The summed E-state index contributed by atoms with van der Waals surface area (Å²) in [7, 11) is -4.60. The molecule has 0 atom stereocenters. The van der Waals surface area contributed by atoms with Crippen molar-refractivity contribution in [1.82, 2.24) is 4.90 Å². The second-order valence-corrected chi connectivity index (χ2v) is 13.6. The maximum atomic E-state index is 13.9. The van der Waals surface area contributed by atoms with E-state index in [1.165, 1.54) is 29.2 Å². The van der Waals surface area contributed by atoms with Crippen LogP contribution < -0.4 is 13.9 Å². The highest BCUT2D eigenvalue weighted by Gasteiger charge is 2.52. The lowest BCUT2D eigenvalue weighted by molar-refractivity contribution is -0.144. The number of benzene rings is 3. The molecule has 45 heavy (non-hydrogen) atoms. The van der Waals surface area contributed by atoms with Gasteiger partial charge in [-0.2, -0.15) is 26.3 Å². The van der Waals surface area contributed by atoms with Gasteiger partial charge >= 0.3 is 18.3 Å². The quantitative estimate of drug-likeness (QED) is 0.335. The van der Waals surface area contributed by atoms with Crippen molar-refractivity contribution in [2.45, 2.75) is 28.8 Å². The molecule has 240 valence electrons. The number of carboxylic acids is 1. The standard InChI is InChI=1S/C29H24ClF6N3O5S/c30-22-6-2-5-21(29(34,35)36)26(22)17-11-38(12-17)19-7-8-24-23(10-19)39(16-27(44-24)14-37(15-27)13-25(40)41)45(42,43)20-4-1-3-18(9-20)28(31,32)33/h1-10,17H,11-16H2,(H,40,41). The summed E-state index contributed by atoms with van der Waals surface area (Å²) in [5, 5.41) is 9.12. The van der Waals surface area contributed by atoms with E-state index in [0.717, 1.165) is 28.6 Å². The first kappa shape index (κ1) is 31.3. The van der Waals surface area contributed by atoms with Crippen molar-refractivity contribution in [3.8, 4) is 5.75 Å². The number of anilines is 2. The number of hydrogen-bond donors (Lipinski definition) is 1. The fraction of sp³-hybridized carbons (Fsp3) is 0.345. The average Bonchev–Trinajstić information content (AvgIpc) is 2.90. The molecule has 3 aromatic carbocycles. The highest BCUT2D eigenvalue weighted by Crippen LogP contribution is 2.47. The maximum Gasteiger partial charge on any atom is 0.416 e. The number of aliphatic carboxylic acids is 1. The number of ether oxygens (including phenoxy) is 1.